The smallest absolute Gasteiger partial charge is 0.451 e. The van der Waals surface area contributed by atoms with Crippen LogP contribution < -0.4 is 0 Å². The van der Waals surface area contributed by atoms with Gasteiger partial charge in [0.1, 0.15) is 5.58 Å². The number of carbonyl (C=O) groups excluding carboxylic acids is 1. The number of hydrogen-bond acceptors (Lipinski definition) is 2. The van der Waals surface area contributed by atoms with Crippen LogP contribution >= 0.6 is 15.9 Å². The molecular formula is C10H4BrF3O2. The van der Waals surface area contributed by atoms with E-state index in [9.17, 15) is 18.0 Å². The lowest BCUT2D eigenvalue weighted by atomic mass is 10.2. The molecule has 0 saturated heterocycles. The number of furan rings is 1. The maximum atomic E-state index is 12.2. The molecule has 0 atom stereocenters. The number of halogens is 4. The summed E-state index contributed by atoms with van der Waals surface area (Å²) in [7, 11) is 0. The zero-order chi connectivity index (χ0) is 11.9. The maximum absolute atomic E-state index is 12.2. The Hall–Kier alpha value is -1.30. The number of Topliss-reactive ketones (excluding diaryl/α,β-unsaturated/α-hetero) is 1. The number of para-hydroxylation sites is 1. The minimum atomic E-state index is -4.93. The summed E-state index contributed by atoms with van der Waals surface area (Å²) in [6.07, 6.45) is -4.93. The molecule has 0 radical (unpaired) electrons. The van der Waals surface area contributed by atoms with Gasteiger partial charge < -0.3 is 4.42 Å². The van der Waals surface area contributed by atoms with Crippen LogP contribution in [0.25, 0.3) is 11.0 Å². The van der Waals surface area contributed by atoms with E-state index in [-0.39, 0.29) is 10.1 Å². The van der Waals surface area contributed by atoms with Gasteiger partial charge in [-0.3, -0.25) is 4.79 Å². The lowest BCUT2D eigenvalue weighted by Gasteiger charge is -2.01. The summed E-state index contributed by atoms with van der Waals surface area (Å²) in [6, 6.07) is 6.31. The largest absolute Gasteiger partial charge is 0.458 e. The van der Waals surface area contributed by atoms with Crippen molar-refractivity contribution in [2.24, 2.45) is 0 Å². The van der Waals surface area contributed by atoms with Gasteiger partial charge in [-0.25, -0.2) is 0 Å². The molecule has 0 N–H and O–H groups in total. The Labute approximate surface area is 96.2 Å². The summed E-state index contributed by atoms with van der Waals surface area (Å²) in [5.41, 5.74) is 0.238. The second kappa shape index (κ2) is 3.62. The molecule has 0 aliphatic carbocycles. The van der Waals surface area contributed by atoms with Gasteiger partial charge in [0, 0.05) is 5.39 Å². The number of carbonyl (C=O) groups is 1. The minimum absolute atomic E-state index is 0.0328. The van der Waals surface area contributed by atoms with Crippen molar-refractivity contribution >= 4 is 32.7 Å². The van der Waals surface area contributed by atoms with E-state index in [0.29, 0.717) is 5.39 Å². The molecule has 1 aromatic carbocycles. The fourth-order valence-electron chi connectivity index (χ4n) is 1.29. The molecule has 0 bridgehead atoms. The number of ketones is 1. The van der Waals surface area contributed by atoms with Crippen LogP contribution in [0.15, 0.2) is 33.2 Å². The van der Waals surface area contributed by atoms with Crippen molar-refractivity contribution in [1.29, 1.82) is 0 Å². The van der Waals surface area contributed by atoms with Gasteiger partial charge in [0.15, 0.2) is 5.76 Å². The van der Waals surface area contributed by atoms with Crippen LogP contribution in [0.2, 0.25) is 0 Å². The van der Waals surface area contributed by atoms with Crippen LogP contribution in [0.4, 0.5) is 13.2 Å². The van der Waals surface area contributed by atoms with Crippen LogP contribution in [-0.2, 0) is 0 Å². The zero-order valence-corrected chi connectivity index (χ0v) is 9.22. The molecule has 0 fully saturated rings. The van der Waals surface area contributed by atoms with E-state index in [1.807, 2.05) is 0 Å². The second-order valence-corrected chi connectivity index (χ2v) is 3.86. The Morgan fingerprint density at radius 3 is 2.44 bits per heavy atom. The first-order valence-corrected chi connectivity index (χ1v) is 4.99. The van der Waals surface area contributed by atoms with E-state index >= 15 is 0 Å². The highest BCUT2D eigenvalue weighted by molar-refractivity contribution is 9.10. The number of hydrogen-bond donors (Lipinski definition) is 0. The highest BCUT2D eigenvalue weighted by atomic mass is 79.9. The summed E-state index contributed by atoms with van der Waals surface area (Å²) >= 11 is 2.93. The third-order valence-electron chi connectivity index (χ3n) is 2.00. The van der Waals surface area contributed by atoms with Crippen LogP contribution in [0.5, 0.6) is 0 Å². The van der Waals surface area contributed by atoms with Gasteiger partial charge >= 0.3 is 12.0 Å². The average molecular weight is 293 g/mol. The highest BCUT2D eigenvalue weighted by Gasteiger charge is 2.43. The molecule has 0 aliphatic heterocycles. The molecule has 6 heteroatoms. The molecule has 0 spiro atoms. The number of benzene rings is 1. The number of fused-ring (bicyclic) bond motifs is 1. The van der Waals surface area contributed by atoms with Crippen LogP contribution in [0.1, 0.15) is 10.6 Å². The molecule has 0 unspecified atom stereocenters. The minimum Gasteiger partial charge on any atom is -0.451 e. The molecule has 1 aromatic heterocycles. The molecule has 2 nitrogen and oxygen atoms in total. The van der Waals surface area contributed by atoms with Gasteiger partial charge in [-0.15, -0.1) is 0 Å². The van der Waals surface area contributed by atoms with Crippen molar-refractivity contribution < 1.29 is 22.4 Å². The van der Waals surface area contributed by atoms with E-state index < -0.39 is 17.7 Å². The third kappa shape index (κ3) is 1.73. The van der Waals surface area contributed by atoms with Gasteiger partial charge in [0.25, 0.3) is 0 Å². The summed E-state index contributed by atoms with van der Waals surface area (Å²) in [5.74, 6) is -2.70. The van der Waals surface area contributed by atoms with Crippen molar-refractivity contribution in [3.63, 3.8) is 0 Å². The molecule has 2 aromatic rings. The molecule has 84 valence electrons. The molecule has 16 heavy (non-hydrogen) atoms. The Bertz CT molecular complexity index is 557. The van der Waals surface area contributed by atoms with Gasteiger partial charge in [0.2, 0.25) is 0 Å². The fourth-order valence-corrected chi connectivity index (χ4v) is 1.88. The monoisotopic (exact) mass is 292 g/mol. The molecule has 0 amide bonds. The van der Waals surface area contributed by atoms with Crippen molar-refractivity contribution in [2.45, 2.75) is 6.18 Å². The molecule has 0 aliphatic rings. The third-order valence-corrected chi connectivity index (χ3v) is 2.79. The normalized spacial score (nSPS) is 12.0. The second-order valence-electron chi connectivity index (χ2n) is 3.07. The van der Waals surface area contributed by atoms with Crippen molar-refractivity contribution in [3.05, 3.63) is 34.5 Å². The summed E-state index contributed by atoms with van der Waals surface area (Å²) in [4.78, 5) is 11.0. The van der Waals surface area contributed by atoms with Crippen molar-refractivity contribution in [3.8, 4) is 0 Å². The quantitative estimate of drug-likeness (QED) is 0.745. The van der Waals surface area contributed by atoms with E-state index in [1.165, 1.54) is 6.07 Å². The Balaban J connectivity index is 2.63. The number of rotatable bonds is 1. The summed E-state index contributed by atoms with van der Waals surface area (Å²) in [6.45, 7) is 0. The molecule has 2 rings (SSSR count). The lowest BCUT2D eigenvalue weighted by Crippen LogP contribution is -2.22. The molecular weight excluding hydrogens is 289 g/mol. The van der Waals surface area contributed by atoms with Gasteiger partial charge in [0.05, 0.1) is 4.47 Å². The number of alkyl halides is 3. The van der Waals surface area contributed by atoms with Crippen LogP contribution in [0, 0.1) is 0 Å². The van der Waals surface area contributed by atoms with Crippen molar-refractivity contribution in [2.75, 3.05) is 0 Å². The summed E-state index contributed by atoms with van der Waals surface area (Å²) < 4.78 is 41.5. The van der Waals surface area contributed by atoms with Gasteiger partial charge in [-0.1, -0.05) is 12.1 Å². The maximum Gasteiger partial charge on any atom is 0.458 e. The highest BCUT2D eigenvalue weighted by Crippen LogP contribution is 2.34. The predicted octanol–water partition coefficient (Wildman–Crippen LogP) is 3.94. The predicted molar refractivity (Wildman–Crippen MR) is 54.3 cm³/mol. The van der Waals surface area contributed by atoms with E-state index in [0.717, 1.165) is 0 Å². The topological polar surface area (TPSA) is 30.2 Å². The van der Waals surface area contributed by atoms with Gasteiger partial charge in [-0.2, -0.15) is 13.2 Å². The summed E-state index contributed by atoms with van der Waals surface area (Å²) in [5, 5.41) is 0.440. The lowest BCUT2D eigenvalue weighted by molar-refractivity contribution is -0.0899. The van der Waals surface area contributed by atoms with Crippen LogP contribution in [-0.4, -0.2) is 12.0 Å². The standard InChI is InChI=1S/C10H4BrF3O2/c11-7-5-3-1-2-4-6(5)16-8(7)9(15)10(12,13)14/h1-4H. The SMILES string of the molecule is O=C(c1oc2ccccc2c1Br)C(F)(F)F. The molecule has 1 heterocycles. The van der Waals surface area contributed by atoms with Crippen molar-refractivity contribution in [1.82, 2.24) is 0 Å². The Kier molecular flexibility index (Phi) is 2.53. The van der Waals surface area contributed by atoms with E-state index in [1.54, 1.807) is 18.2 Å². The zero-order valence-electron chi connectivity index (χ0n) is 7.64. The first kappa shape index (κ1) is 11.2. The van der Waals surface area contributed by atoms with Gasteiger partial charge in [-0.05, 0) is 28.1 Å². The fraction of sp³-hybridized carbons (Fsp3) is 0.100. The van der Waals surface area contributed by atoms with E-state index in [4.69, 9.17) is 4.42 Å². The van der Waals surface area contributed by atoms with E-state index in [2.05, 4.69) is 15.9 Å². The first-order valence-electron chi connectivity index (χ1n) is 4.20. The average Bonchev–Trinajstić information content (AvgIpc) is 2.54. The Morgan fingerprint density at radius 1 is 1.25 bits per heavy atom. The van der Waals surface area contributed by atoms with Crippen LogP contribution in [0.3, 0.4) is 0 Å². The Morgan fingerprint density at radius 2 is 1.88 bits per heavy atom. The first-order chi connectivity index (χ1) is 7.41. The molecule has 0 saturated carbocycles.